The molecule has 0 atom stereocenters. The van der Waals surface area contributed by atoms with Gasteiger partial charge < -0.3 is 0 Å². The van der Waals surface area contributed by atoms with Crippen molar-refractivity contribution in [1.29, 1.82) is 0 Å². The first-order valence-electron chi connectivity index (χ1n) is 1.91. The Morgan fingerprint density at radius 2 is 2.00 bits per heavy atom. The van der Waals surface area contributed by atoms with Crippen LogP contribution >= 0.6 is 0 Å². The molecule has 0 aromatic rings. The summed E-state index contributed by atoms with van der Waals surface area (Å²) in [6, 6.07) is 0. The van der Waals surface area contributed by atoms with E-state index < -0.39 is 0 Å². The van der Waals surface area contributed by atoms with Crippen LogP contribution in [-0.4, -0.2) is 19.8 Å². The summed E-state index contributed by atoms with van der Waals surface area (Å²) in [6.45, 7) is 0. The van der Waals surface area contributed by atoms with Crippen LogP contribution < -0.4 is 0 Å². The zero-order chi connectivity index (χ0) is 4.24. The summed E-state index contributed by atoms with van der Waals surface area (Å²) in [7, 11) is 0. The maximum atomic E-state index is 2.25. The molecule has 1 aliphatic heterocycles. The van der Waals surface area contributed by atoms with E-state index in [1.807, 2.05) is 0 Å². The molecule has 1 aliphatic rings. The Hall–Kier alpha value is -0.107. The van der Waals surface area contributed by atoms with Crippen molar-refractivity contribution in [2.45, 2.75) is 0 Å². The molecule has 1 heteroatoms. The van der Waals surface area contributed by atoms with E-state index in [0.717, 1.165) is 0 Å². The number of rotatable bonds is 0. The first-order valence-corrected chi connectivity index (χ1v) is 4.33. The molecule has 0 aromatic carbocycles. The first-order chi connectivity index (χ1) is 3.00. The molecule has 0 aliphatic carbocycles. The predicted octanol–water partition coefficient (Wildman–Crippen LogP) is 0.576. The van der Waals surface area contributed by atoms with E-state index in [0.29, 0.717) is 0 Å². The van der Waals surface area contributed by atoms with E-state index in [1.54, 1.807) is 0 Å². The van der Waals surface area contributed by atoms with Gasteiger partial charge in [0.2, 0.25) is 0 Å². The summed E-state index contributed by atoms with van der Waals surface area (Å²) >= 11 is 0.215. The third-order valence-electron chi connectivity index (χ3n) is 0.607. The van der Waals surface area contributed by atoms with Gasteiger partial charge in [-0.3, -0.25) is 0 Å². The topological polar surface area (TPSA) is 0 Å². The number of allylic oxidation sites excluding steroid dienone is 3. The molecule has 6 heavy (non-hydrogen) atoms. The van der Waals surface area contributed by atoms with Gasteiger partial charge in [0.25, 0.3) is 0 Å². The van der Waals surface area contributed by atoms with Gasteiger partial charge in [-0.15, -0.1) is 0 Å². The predicted molar refractivity (Wildman–Crippen MR) is 30.1 cm³/mol. The molecule has 0 nitrogen and oxygen atoms in total. The third kappa shape index (κ3) is 0.938. The van der Waals surface area contributed by atoms with Gasteiger partial charge in [0, 0.05) is 0 Å². The van der Waals surface area contributed by atoms with Gasteiger partial charge in [-0.25, -0.2) is 0 Å². The minimum atomic E-state index is 0.215. The monoisotopic (exact) mass is 139 g/mol. The Morgan fingerprint density at radius 1 is 1.00 bits per heavy atom. The molecule has 0 unspecified atom stereocenters. The van der Waals surface area contributed by atoms with Gasteiger partial charge >= 0.3 is 43.0 Å². The van der Waals surface area contributed by atoms with Crippen molar-refractivity contribution in [3.05, 3.63) is 23.1 Å². The fourth-order valence-corrected chi connectivity index (χ4v) is 1.51. The summed E-state index contributed by atoms with van der Waals surface area (Å²) in [5, 5.41) is 0. The Balaban J connectivity index is 2.77. The summed E-state index contributed by atoms with van der Waals surface area (Å²) in [5.74, 6) is 0. The van der Waals surface area contributed by atoms with Gasteiger partial charge in [0.1, 0.15) is 0 Å². The quantitative estimate of drug-likeness (QED) is 0.429. The Bertz CT molecular complexity index is 73.3. The Kier molecular flexibility index (Phi) is 1.45. The maximum absolute atomic E-state index is 2.25. The summed E-state index contributed by atoms with van der Waals surface area (Å²) in [5.41, 5.74) is 0. The molecule has 1 radical (unpaired) electrons. The Morgan fingerprint density at radius 3 is 2.17 bits per heavy atom. The van der Waals surface area contributed by atoms with Crippen LogP contribution in [0, 0.1) is 0 Å². The van der Waals surface area contributed by atoms with Crippen LogP contribution in [0.5, 0.6) is 0 Å². The van der Waals surface area contributed by atoms with Crippen molar-refractivity contribution in [3.63, 3.8) is 0 Å². The third-order valence-corrected chi connectivity index (χ3v) is 2.22. The van der Waals surface area contributed by atoms with Crippen LogP contribution in [0.15, 0.2) is 23.1 Å². The molecule has 0 fully saturated rings. The second-order valence-corrected chi connectivity index (χ2v) is 3.18. The molecular weight excluding hydrogens is 133 g/mol. The minimum absolute atomic E-state index is 0.215. The van der Waals surface area contributed by atoms with Gasteiger partial charge in [-0.1, -0.05) is 0 Å². The van der Waals surface area contributed by atoms with Crippen LogP contribution in [-0.2, 0) is 0 Å². The van der Waals surface area contributed by atoms with Gasteiger partial charge in [0.15, 0.2) is 0 Å². The molecular formula is C5H5Ge. The summed E-state index contributed by atoms with van der Waals surface area (Å²) in [6.07, 6.45) is 6.28. The van der Waals surface area contributed by atoms with Crippen LogP contribution in [0.4, 0.5) is 0 Å². The molecule has 0 spiro atoms. The van der Waals surface area contributed by atoms with Crippen molar-refractivity contribution in [1.82, 2.24) is 0 Å². The zero-order valence-corrected chi connectivity index (χ0v) is 5.48. The molecule has 0 saturated carbocycles. The fourth-order valence-electron chi connectivity index (χ4n) is 0.342. The van der Waals surface area contributed by atoms with E-state index in [1.165, 1.54) is 0 Å². The van der Waals surface area contributed by atoms with Crippen molar-refractivity contribution in [3.8, 4) is 0 Å². The van der Waals surface area contributed by atoms with E-state index >= 15 is 0 Å². The molecule has 1 rings (SSSR count). The van der Waals surface area contributed by atoms with Crippen LogP contribution in [0.25, 0.3) is 0 Å². The van der Waals surface area contributed by atoms with Gasteiger partial charge in [-0.2, -0.15) is 0 Å². The van der Waals surface area contributed by atoms with Crippen molar-refractivity contribution in [2.24, 2.45) is 0 Å². The van der Waals surface area contributed by atoms with Crippen molar-refractivity contribution in [2.75, 3.05) is 0 Å². The molecule has 0 bridgehead atoms. The first kappa shape index (κ1) is 4.06. The molecule has 0 amide bonds. The second-order valence-electron chi connectivity index (χ2n) is 1.08. The Labute approximate surface area is 43.6 Å². The average Bonchev–Trinajstić information content (AvgIpc) is 1.72. The van der Waals surface area contributed by atoms with Gasteiger partial charge in [0.05, 0.1) is 0 Å². The van der Waals surface area contributed by atoms with E-state index in [9.17, 15) is 0 Å². The second kappa shape index (κ2) is 2.14. The molecule has 0 saturated heterocycles. The molecule has 0 N–H and O–H groups in total. The molecule has 0 aromatic heterocycles. The SMILES string of the molecule is C1=C[CH]=[Ge][CH]=C1. The van der Waals surface area contributed by atoms with E-state index in [2.05, 4.69) is 28.0 Å². The van der Waals surface area contributed by atoms with Crippen LogP contribution in [0.3, 0.4) is 0 Å². The zero-order valence-electron chi connectivity index (χ0n) is 3.39. The van der Waals surface area contributed by atoms with E-state index in [4.69, 9.17) is 0 Å². The van der Waals surface area contributed by atoms with Crippen LogP contribution in [0.2, 0.25) is 0 Å². The normalized spacial score (nSPS) is 16.0. The number of hydrogen-bond donors (Lipinski definition) is 0. The van der Waals surface area contributed by atoms with Gasteiger partial charge in [-0.05, 0) is 0 Å². The van der Waals surface area contributed by atoms with Crippen molar-refractivity contribution < 1.29 is 0 Å². The standard InChI is InChI=1S/C5H5Ge/c1-2-4-6-5-3-1/h1-5H. The summed E-state index contributed by atoms with van der Waals surface area (Å²) < 4.78 is 0. The number of hydrogen-bond acceptors (Lipinski definition) is 0. The molecule has 1 heterocycles. The van der Waals surface area contributed by atoms with E-state index in [-0.39, 0.29) is 15.0 Å². The van der Waals surface area contributed by atoms with Crippen LogP contribution in [0.1, 0.15) is 0 Å². The average molecular weight is 138 g/mol. The summed E-state index contributed by atoms with van der Waals surface area (Å²) in [4.78, 5) is 4.50. The fraction of sp³-hybridized carbons (Fsp3) is 0. The van der Waals surface area contributed by atoms with Crippen molar-refractivity contribution >= 4 is 19.8 Å². The molecule has 29 valence electrons.